The summed E-state index contributed by atoms with van der Waals surface area (Å²) < 4.78 is 5.36. The normalized spacial score (nSPS) is 16.3. The highest BCUT2D eigenvalue weighted by atomic mass is 16.5. The van der Waals surface area contributed by atoms with Gasteiger partial charge in [-0.2, -0.15) is 4.98 Å². The van der Waals surface area contributed by atoms with Crippen LogP contribution in [-0.4, -0.2) is 52.1 Å². The van der Waals surface area contributed by atoms with Crippen LogP contribution < -0.4 is 21.3 Å². The van der Waals surface area contributed by atoms with Crippen LogP contribution in [0.3, 0.4) is 0 Å². The highest BCUT2D eigenvalue weighted by Gasteiger charge is 2.30. The molecular weight excluding hydrogens is 486 g/mol. The number of nitrogens with two attached hydrogens (primary N) is 1. The molecule has 38 heavy (non-hydrogen) atoms. The van der Waals surface area contributed by atoms with Crippen LogP contribution >= 0.6 is 0 Å². The maximum atomic E-state index is 12.4. The molecule has 1 heterocycles. The molecule has 11 nitrogen and oxygen atoms in total. The fourth-order valence-corrected chi connectivity index (χ4v) is 4.22. The minimum absolute atomic E-state index is 0.0290. The minimum atomic E-state index is -0.782. The molecule has 2 atom stereocenters. The lowest BCUT2D eigenvalue weighted by Gasteiger charge is -2.25. The van der Waals surface area contributed by atoms with E-state index >= 15 is 0 Å². The largest absolute Gasteiger partial charge is 0.457 e. The number of aromatic nitrogens is 3. The fraction of sp³-hybridized carbons (Fsp3) is 0.259. The van der Waals surface area contributed by atoms with Gasteiger partial charge in [0.1, 0.15) is 6.61 Å². The third-order valence-electron chi connectivity index (χ3n) is 6.30. The predicted octanol–water partition coefficient (Wildman–Crippen LogP) is 2.73. The molecule has 1 aliphatic carbocycles. The molecule has 11 heteroatoms. The number of hydrogen-bond donors (Lipinski definition) is 3. The first-order valence-corrected chi connectivity index (χ1v) is 12.1. The molecule has 1 unspecified atom stereocenters. The van der Waals surface area contributed by atoms with Gasteiger partial charge < -0.3 is 26.0 Å². The van der Waals surface area contributed by atoms with Crippen LogP contribution in [0, 0.1) is 0 Å². The second-order valence-electron chi connectivity index (χ2n) is 8.92. The first-order chi connectivity index (χ1) is 18.3. The van der Waals surface area contributed by atoms with Gasteiger partial charge in [0, 0.05) is 24.8 Å². The van der Waals surface area contributed by atoms with Crippen molar-refractivity contribution in [3.63, 3.8) is 0 Å². The molecule has 2 amide bonds. The van der Waals surface area contributed by atoms with Crippen LogP contribution in [0.25, 0.3) is 0 Å². The van der Waals surface area contributed by atoms with Gasteiger partial charge in [-0.05, 0) is 55.2 Å². The lowest BCUT2D eigenvalue weighted by Crippen LogP contribution is -2.36. The average Bonchev–Trinajstić information content (AvgIpc) is 3.40. The van der Waals surface area contributed by atoms with E-state index in [1.54, 1.807) is 24.3 Å². The molecule has 0 bridgehead atoms. The number of hydrogen-bond acceptors (Lipinski definition) is 9. The summed E-state index contributed by atoms with van der Waals surface area (Å²) in [6.45, 7) is 3.66. The maximum absolute atomic E-state index is 12.4. The van der Waals surface area contributed by atoms with Gasteiger partial charge in [-0.3, -0.25) is 9.59 Å². The van der Waals surface area contributed by atoms with Crippen molar-refractivity contribution >= 4 is 35.2 Å². The first-order valence-electron chi connectivity index (χ1n) is 12.1. The Balaban J connectivity index is 1.43. The number of anilines is 3. The SMILES string of the molecule is C=CC(=O)NC1CC[C@@H](N(C)c2nnc(C(N)=O)c(Nc3ccc(C(=O)OCc4ccccc4)cc3)n2)C1. The molecule has 0 aliphatic heterocycles. The maximum Gasteiger partial charge on any atom is 0.338 e. The third kappa shape index (κ3) is 6.49. The molecule has 1 fully saturated rings. The van der Waals surface area contributed by atoms with Crippen LogP contribution in [0.2, 0.25) is 0 Å². The van der Waals surface area contributed by atoms with Crippen molar-refractivity contribution in [3.8, 4) is 0 Å². The van der Waals surface area contributed by atoms with E-state index in [0.717, 1.165) is 18.4 Å². The van der Waals surface area contributed by atoms with Gasteiger partial charge in [0.25, 0.3) is 5.91 Å². The Morgan fingerprint density at radius 1 is 1.11 bits per heavy atom. The van der Waals surface area contributed by atoms with Crippen molar-refractivity contribution in [1.82, 2.24) is 20.5 Å². The zero-order chi connectivity index (χ0) is 27.1. The summed E-state index contributed by atoms with van der Waals surface area (Å²) in [6, 6.07) is 16.1. The number of primary amides is 1. The Kier molecular flexibility index (Phi) is 8.27. The zero-order valence-electron chi connectivity index (χ0n) is 21.0. The standard InChI is InChI=1S/C27H29N7O4/c1-3-22(35)29-20-13-14-21(15-20)34(2)27-31-25(23(24(28)36)32-33-27)30-19-11-9-18(10-12-19)26(37)38-16-17-7-5-4-6-8-17/h3-12,20-21H,1,13-16H2,2H3,(H2,28,36)(H,29,35)(H,30,31,33)/t20?,21-/m1/s1. The summed E-state index contributed by atoms with van der Waals surface area (Å²) in [5, 5.41) is 14.0. The molecule has 4 rings (SSSR count). The lowest BCUT2D eigenvalue weighted by molar-refractivity contribution is -0.117. The highest BCUT2D eigenvalue weighted by Crippen LogP contribution is 2.27. The number of ether oxygens (including phenoxy) is 1. The van der Waals surface area contributed by atoms with Crippen molar-refractivity contribution in [1.29, 1.82) is 0 Å². The van der Waals surface area contributed by atoms with E-state index in [2.05, 4.69) is 32.4 Å². The van der Waals surface area contributed by atoms with Crippen molar-refractivity contribution in [2.75, 3.05) is 17.3 Å². The second-order valence-corrected chi connectivity index (χ2v) is 8.92. The Labute approximate surface area is 220 Å². The van der Waals surface area contributed by atoms with E-state index in [4.69, 9.17) is 10.5 Å². The van der Waals surface area contributed by atoms with Crippen molar-refractivity contribution in [3.05, 3.63) is 84.1 Å². The van der Waals surface area contributed by atoms with E-state index in [1.807, 2.05) is 42.3 Å². The summed E-state index contributed by atoms with van der Waals surface area (Å²) >= 11 is 0. The number of benzene rings is 2. The fourth-order valence-electron chi connectivity index (χ4n) is 4.22. The lowest BCUT2D eigenvalue weighted by atomic mass is 10.2. The molecule has 3 aromatic rings. The highest BCUT2D eigenvalue weighted by molar-refractivity contribution is 5.96. The number of carbonyl (C=O) groups excluding carboxylic acids is 3. The van der Waals surface area contributed by atoms with Crippen LogP contribution in [-0.2, 0) is 16.1 Å². The minimum Gasteiger partial charge on any atom is -0.457 e. The Bertz CT molecular complexity index is 1310. The number of carbonyl (C=O) groups is 3. The number of amides is 2. The van der Waals surface area contributed by atoms with E-state index in [-0.39, 0.29) is 36.1 Å². The Hall–Kier alpha value is -4.80. The molecule has 0 radical (unpaired) electrons. The van der Waals surface area contributed by atoms with E-state index in [9.17, 15) is 14.4 Å². The van der Waals surface area contributed by atoms with Crippen molar-refractivity contribution < 1.29 is 19.1 Å². The van der Waals surface area contributed by atoms with Gasteiger partial charge in [-0.1, -0.05) is 36.9 Å². The second kappa shape index (κ2) is 12.0. The summed E-state index contributed by atoms with van der Waals surface area (Å²) in [7, 11) is 1.84. The molecule has 0 spiro atoms. The molecule has 0 saturated heterocycles. The van der Waals surface area contributed by atoms with Gasteiger partial charge >= 0.3 is 5.97 Å². The summed E-state index contributed by atoms with van der Waals surface area (Å²) in [4.78, 5) is 42.4. The number of nitrogens with zero attached hydrogens (tertiary/aromatic N) is 4. The third-order valence-corrected chi connectivity index (χ3v) is 6.30. The summed E-state index contributed by atoms with van der Waals surface area (Å²) in [5.74, 6) is -0.993. The smallest absolute Gasteiger partial charge is 0.338 e. The van der Waals surface area contributed by atoms with Gasteiger partial charge in [0.15, 0.2) is 11.5 Å². The molecule has 1 saturated carbocycles. The van der Waals surface area contributed by atoms with Gasteiger partial charge in [-0.15, -0.1) is 10.2 Å². The van der Waals surface area contributed by atoms with E-state index < -0.39 is 11.9 Å². The number of esters is 1. The Morgan fingerprint density at radius 2 is 1.84 bits per heavy atom. The molecule has 2 aromatic carbocycles. The molecular formula is C27H29N7O4. The number of rotatable bonds is 10. The quantitative estimate of drug-likeness (QED) is 0.273. The van der Waals surface area contributed by atoms with Crippen LogP contribution in [0.15, 0.2) is 67.3 Å². The summed E-state index contributed by atoms with van der Waals surface area (Å²) in [6.07, 6.45) is 3.60. The molecule has 196 valence electrons. The molecule has 4 N–H and O–H groups in total. The number of nitrogens with one attached hydrogen (secondary N) is 2. The molecule has 1 aliphatic rings. The van der Waals surface area contributed by atoms with Crippen LogP contribution in [0.5, 0.6) is 0 Å². The van der Waals surface area contributed by atoms with Crippen molar-refractivity contribution in [2.24, 2.45) is 5.73 Å². The van der Waals surface area contributed by atoms with E-state index in [0.29, 0.717) is 23.6 Å². The van der Waals surface area contributed by atoms with Gasteiger partial charge in [-0.25, -0.2) is 4.79 Å². The average molecular weight is 516 g/mol. The monoisotopic (exact) mass is 515 g/mol. The Morgan fingerprint density at radius 3 is 2.53 bits per heavy atom. The van der Waals surface area contributed by atoms with Crippen LogP contribution in [0.1, 0.15) is 45.7 Å². The van der Waals surface area contributed by atoms with Gasteiger partial charge in [0.2, 0.25) is 11.9 Å². The molecule has 1 aromatic heterocycles. The van der Waals surface area contributed by atoms with Crippen LogP contribution in [0.4, 0.5) is 17.5 Å². The van der Waals surface area contributed by atoms with E-state index in [1.165, 1.54) is 6.08 Å². The summed E-state index contributed by atoms with van der Waals surface area (Å²) in [5.41, 5.74) is 7.21. The predicted molar refractivity (Wildman–Crippen MR) is 142 cm³/mol. The first kappa shape index (κ1) is 26.3. The zero-order valence-corrected chi connectivity index (χ0v) is 21.0. The van der Waals surface area contributed by atoms with Gasteiger partial charge in [0.05, 0.1) is 5.56 Å². The van der Waals surface area contributed by atoms with Crippen molar-refractivity contribution in [2.45, 2.75) is 38.0 Å². The topological polar surface area (TPSA) is 152 Å².